The Hall–Kier alpha value is -6.01. The molecule has 15 nitrogen and oxygen atoms in total. The maximum atomic E-state index is 14.1. The molecule has 2 saturated heterocycles. The first-order chi connectivity index (χ1) is 33.4. The summed E-state index contributed by atoms with van der Waals surface area (Å²) in [5, 5.41) is 18.5. The van der Waals surface area contributed by atoms with Crippen molar-refractivity contribution in [2.45, 2.75) is 134 Å². The maximum absolute atomic E-state index is 14.1. The molecule has 8 rings (SSSR count). The summed E-state index contributed by atoms with van der Waals surface area (Å²) in [5.41, 5.74) is 2.13. The predicted octanol–water partition coefficient (Wildman–Crippen LogP) is 10.3. The van der Waals surface area contributed by atoms with Gasteiger partial charge in [-0.3, -0.25) is 4.79 Å². The Morgan fingerprint density at radius 2 is 1.00 bits per heavy atom. The molecule has 416 valence electrons. The largest absolute Gasteiger partial charge is 0.493 e. The normalized spacial score (nSPS) is 20.0. The van der Waals surface area contributed by atoms with Gasteiger partial charge in [-0.2, -0.15) is 49.7 Å². The molecule has 0 saturated carbocycles. The molecule has 4 atom stereocenters. The summed E-state index contributed by atoms with van der Waals surface area (Å²) < 4.78 is 144. The number of hydrogen-bond acceptors (Lipinski definition) is 12. The van der Waals surface area contributed by atoms with Crippen molar-refractivity contribution in [2.24, 2.45) is 0 Å². The van der Waals surface area contributed by atoms with Gasteiger partial charge < -0.3 is 44.5 Å². The quantitative estimate of drug-likeness (QED) is 0.0874. The van der Waals surface area contributed by atoms with Crippen LogP contribution in [-0.4, -0.2) is 124 Å². The number of hydrogen-bond donors (Lipinski definition) is 3. The highest BCUT2D eigenvalue weighted by Gasteiger charge is 2.48. The number of ether oxygens (including phenoxy) is 5. The van der Waals surface area contributed by atoms with E-state index in [1.807, 2.05) is 20.8 Å². The summed E-state index contributed by atoms with van der Waals surface area (Å²) in [7, 11) is 6.03. The summed E-state index contributed by atoms with van der Waals surface area (Å²) in [4.78, 5) is 22.7. The Morgan fingerprint density at radius 1 is 0.622 bits per heavy atom. The molecule has 1 amide bonds. The highest BCUT2D eigenvalue weighted by Crippen LogP contribution is 2.47. The van der Waals surface area contributed by atoms with Gasteiger partial charge in [-0.15, -0.1) is 0 Å². The second-order valence-electron chi connectivity index (χ2n) is 18.4. The minimum Gasteiger partial charge on any atom is -0.493 e. The number of carbonyl (C=O) groups excluding carboxylic acids is 2. The smallest absolute Gasteiger partial charge is 0.446 e. The van der Waals surface area contributed by atoms with E-state index in [0.29, 0.717) is 77.4 Å². The van der Waals surface area contributed by atoms with Gasteiger partial charge in [0.1, 0.15) is 17.2 Å². The van der Waals surface area contributed by atoms with Crippen LogP contribution in [0.3, 0.4) is 0 Å². The second-order valence-corrected chi connectivity index (χ2v) is 18.4. The van der Waals surface area contributed by atoms with Gasteiger partial charge in [-0.1, -0.05) is 35.4 Å². The third-order valence-corrected chi connectivity index (χ3v) is 12.5. The zero-order valence-electron chi connectivity index (χ0n) is 40.2. The number of nitrogens with one attached hydrogen (secondary N) is 3. The van der Waals surface area contributed by atoms with E-state index in [4.69, 9.17) is 28.5 Å². The maximum Gasteiger partial charge on any atom is 0.446 e. The average Bonchev–Trinajstić information content (AvgIpc) is 3.97. The SMILES string of the molecule is C.C.COc1ccc(C2CC(C(F)(F)F)n3nc(C4CCN(C(=O)OC(C)(C)C)CC4)cc3N2)cc1OC.COc1ccc(C2CC(C(F)(F)F)n3nc(C4CCNCC4)cc3N2)cc1OC.O=CC(F)(F)F.[BH4-]. The van der Waals surface area contributed by atoms with Crippen molar-refractivity contribution < 1.29 is 72.8 Å². The van der Waals surface area contributed by atoms with Crippen LogP contribution in [0.5, 0.6) is 23.0 Å². The molecule has 3 N–H and O–H groups in total. The first-order valence-electron chi connectivity index (χ1n) is 22.9. The van der Waals surface area contributed by atoms with Crippen molar-refractivity contribution in [1.29, 1.82) is 0 Å². The number of carbonyl (C=O) groups is 2. The van der Waals surface area contributed by atoms with Crippen LogP contribution in [0.4, 0.5) is 55.9 Å². The molecule has 0 aliphatic carbocycles. The monoisotopic (exact) mass is 1070 g/mol. The Labute approximate surface area is 427 Å². The molecule has 4 aliphatic rings. The van der Waals surface area contributed by atoms with E-state index >= 15 is 0 Å². The summed E-state index contributed by atoms with van der Waals surface area (Å²) >= 11 is 0. The minimum atomic E-state index is -4.64. The molecule has 4 aromatic rings. The molecule has 4 unspecified atom stereocenters. The molecule has 0 radical (unpaired) electrons. The molecule has 4 aliphatic heterocycles. The van der Waals surface area contributed by atoms with Crippen LogP contribution in [0.15, 0.2) is 48.5 Å². The lowest BCUT2D eigenvalue weighted by Gasteiger charge is -2.33. The number of halogens is 9. The predicted molar refractivity (Wildman–Crippen MR) is 267 cm³/mol. The van der Waals surface area contributed by atoms with Gasteiger partial charge in [0.2, 0.25) is 6.29 Å². The van der Waals surface area contributed by atoms with Crippen LogP contribution in [0.2, 0.25) is 0 Å². The minimum absolute atomic E-state index is 0. The fourth-order valence-electron chi connectivity index (χ4n) is 8.96. The third-order valence-electron chi connectivity index (χ3n) is 12.5. The molecule has 2 aromatic carbocycles. The first kappa shape index (κ1) is 62.3. The number of anilines is 2. The topological polar surface area (TPSA) is 155 Å². The van der Waals surface area contributed by atoms with Crippen molar-refractivity contribution in [3.05, 3.63) is 71.0 Å². The van der Waals surface area contributed by atoms with Crippen LogP contribution in [0, 0.1) is 0 Å². The summed E-state index contributed by atoms with van der Waals surface area (Å²) in [6.07, 6.45) is -12.3. The van der Waals surface area contributed by atoms with Crippen LogP contribution >= 0.6 is 0 Å². The van der Waals surface area contributed by atoms with Gasteiger partial charge in [-0.25, -0.2) is 14.2 Å². The van der Waals surface area contributed by atoms with Crippen molar-refractivity contribution in [2.75, 3.05) is 65.3 Å². The van der Waals surface area contributed by atoms with Crippen LogP contribution in [-0.2, 0) is 9.53 Å². The molecule has 2 aromatic heterocycles. The Balaban J connectivity index is 0.000000344. The third kappa shape index (κ3) is 15.5. The molecular formula is C49H71BF9N8O7-. The number of alkyl halides is 9. The van der Waals surface area contributed by atoms with E-state index < -0.39 is 54.6 Å². The number of amides is 1. The standard InChI is InChI=1S/C25H33F3N4O4.C20H25F3N4O2.C2HF3O.2CH4.BH4/c1-24(2,3)36-23(33)31-10-8-15(9-11-31)18-14-22-29-17(13-21(25(26,27)28)32(22)30-18)16-6-7-19(34-4)20(12-16)35-5;1-28-16-4-3-13(9-17(16)29-2)14-10-18(20(21,22)23)27-19(25-14)11-15(26-27)12-5-7-24-8-6-12;3-2(4,5)1-6;;;/h6-7,12,14-15,17,21,29H,8-11,13H2,1-5H3;3-4,9,11-12,14,18,24-25H,5-8,10H2,1-2H3;1H;3*1H4/q;;;;;-1. The van der Waals surface area contributed by atoms with Gasteiger partial charge in [0.15, 0.2) is 35.1 Å². The van der Waals surface area contributed by atoms with E-state index in [2.05, 4.69) is 26.1 Å². The van der Waals surface area contributed by atoms with Crippen molar-refractivity contribution >= 4 is 32.4 Å². The molecule has 0 bridgehead atoms. The fraction of sp³-hybridized carbons (Fsp3) is 0.592. The lowest BCUT2D eigenvalue weighted by molar-refractivity contribution is -0.174. The summed E-state index contributed by atoms with van der Waals surface area (Å²) in [6, 6.07) is 9.30. The highest BCUT2D eigenvalue weighted by atomic mass is 19.4. The van der Waals surface area contributed by atoms with Crippen LogP contribution < -0.4 is 34.9 Å². The number of aldehydes is 1. The number of aromatic nitrogens is 4. The molecule has 25 heteroatoms. The number of methoxy groups -OCH3 is 4. The number of rotatable bonds is 8. The van der Waals surface area contributed by atoms with Gasteiger partial charge >= 0.3 is 24.6 Å². The van der Waals surface area contributed by atoms with Crippen molar-refractivity contribution in [3.63, 3.8) is 0 Å². The molecule has 0 spiro atoms. The van der Waals surface area contributed by atoms with Gasteiger partial charge in [-0.05, 0) is 94.9 Å². The molecule has 2 fully saturated rings. The Kier molecular flexibility index (Phi) is 21.5. The number of fused-ring (bicyclic) bond motifs is 2. The molecule has 74 heavy (non-hydrogen) atoms. The van der Waals surface area contributed by atoms with E-state index in [1.54, 1.807) is 53.4 Å². The lowest BCUT2D eigenvalue weighted by atomic mass is 9.93. The molecule has 6 heterocycles. The average molecular weight is 1070 g/mol. The Bertz CT molecular complexity index is 2430. The number of piperidine rings is 2. The Morgan fingerprint density at radius 3 is 1.34 bits per heavy atom. The van der Waals surface area contributed by atoms with Gasteiger partial charge in [0, 0.05) is 49.9 Å². The highest BCUT2D eigenvalue weighted by molar-refractivity contribution is 5.75. The number of likely N-dealkylation sites (tertiary alicyclic amines) is 1. The van der Waals surface area contributed by atoms with E-state index in [9.17, 15) is 44.3 Å². The van der Waals surface area contributed by atoms with Crippen LogP contribution in [0.25, 0.3) is 0 Å². The summed E-state index contributed by atoms with van der Waals surface area (Å²) in [5.74, 6) is 2.87. The zero-order valence-corrected chi connectivity index (χ0v) is 40.2. The van der Waals surface area contributed by atoms with E-state index in [-0.39, 0.29) is 54.0 Å². The molecular weight excluding hydrogens is 994 g/mol. The van der Waals surface area contributed by atoms with E-state index in [0.717, 1.165) is 41.0 Å². The second kappa shape index (κ2) is 25.5. The zero-order chi connectivity index (χ0) is 52.1. The number of benzene rings is 2. The van der Waals surface area contributed by atoms with Gasteiger partial charge in [0.05, 0.1) is 51.9 Å². The van der Waals surface area contributed by atoms with Crippen molar-refractivity contribution in [1.82, 2.24) is 29.8 Å². The number of nitrogens with zero attached hydrogens (tertiary/aromatic N) is 5. The lowest BCUT2D eigenvalue weighted by Crippen LogP contribution is -2.41. The summed E-state index contributed by atoms with van der Waals surface area (Å²) in [6.45, 7) is 8.08. The van der Waals surface area contributed by atoms with Gasteiger partial charge in [0.25, 0.3) is 0 Å². The first-order valence-corrected chi connectivity index (χ1v) is 22.9. The van der Waals surface area contributed by atoms with Crippen LogP contribution in [0.1, 0.15) is 133 Å². The van der Waals surface area contributed by atoms with Crippen molar-refractivity contribution in [3.8, 4) is 23.0 Å². The fourth-order valence-corrected chi connectivity index (χ4v) is 8.96. The van der Waals surface area contributed by atoms with E-state index in [1.165, 1.54) is 28.4 Å².